The molecule has 0 bridgehead atoms. The Morgan fingerprint density at radius 2 is 2.25 bits per heavy atom. The van der Waals surface area contributed by atoms with Gasteiger partial charge in [0.15, 0.2) is 0 Å². The molecular formula is C11H14N2O3. The standard InChI is InChI=1S/C11H14N2O3/c1-7-5-13(11(16)12-10(7)15)9-3-2-8(4-9)6-14/h2-3,5,8-9,14H,4,6H2,1H3,(H,12,15,16). The van der Waals surface area contributed by atoms with Gasteiger partial charge in [0.25, 0.3) is 5.56 Å². The number of aromatic amines is 1. The summed E-state index contributed by atoms with van der Waals surface area (Å²) < 4.78 is 1.50. The van der Waals surface area contributed by atoms with Crippen molar-refractivity contribution in [2.24, 2.45) is 5.92 Å². The molecule has 2 N–H and O–H groups in total. The van der Waals surface area contributed by atoms with Gasteiger partial charge in [0.2, 0.25) is 0 Å². The highest BCUT2D eigenvalue weighted by molar-refractivity contribution is 5.09. The monoisotopic (exact) mass is 222 g/mol. The highest BCUT2D eigenvalue weighted by atomic mass is 16.3. The van der Waals surface area contributed by atoms with Crippen LogP contribution in [0.4, 0.5) is 0 Å². The predicted molar refractivity (Wildman–Crippen MR) is 59.4 cm³/mol. The van der Waals surface area contributed by atoms with Crippen LogP contribution in [0.2, 0.25) is 0 Å². The lowest BCUT2D eigenvalue weighted by Crippen LogP contribution is -2.32. The molecule has 1 aromatic rings. The van der Waals surface area contributed by atoms with Gasteiger partial charge in [0, 0.05) is 24.3 Å². The third-order valence-electron chi connectivity index (χ3n) is 2.89. The molecule has 16 heavy (non-hydrogen) atoms. The lowest BCUT2D eigenvalue weighted by Gasteiger charge is -2.13. The van der Waals surface area contributed by atoms with Gasteiger partial charge in [-0.2, -0.15) is 0 Å². The number of H-pyrrole nitrogens is 1. The van der Waals surface area contributed by atoms with Gasteiger partial charge in [-0.05, 0) is 13.3 Å². The molecule has 1 aliphatic rings. The van der Waals surface area contributed by atoms with Crippen molar-refractivity contribution in [1.29, 1.82) is 0 Å². The van der Waals surface area contributed by atoms with E-state index in [2.05, 4.69) is 4.98 Å². The minimum atomic E-state index is -0.399. The maximum absolute atomic E-state index is 11.6. The largest absolute Gasteiger partial charge is 0.396 e. The normalized spacial score (nSPS) is 23.9. The SMILES string of the molecule is Cc1cn(C2C=CC(CO)C2)c(=O)[nH]c1=O. The van der Waals surface area contributed by atoms with Crippen molar-refractivity contribution >= 4 is 0 Å². The van der Waals surface area contributed by atoms with Crippen LogP contribution in [0, 0.1) is 12.8 Å². The molecule has 2 unspecified atom stereocenters. The molecule has 0 fully saturated rings. The summed E-state index contributed by atoms with van der Waals surface area (Å²) in [5.41, 5.74) is -0.230. The van der Waals surface area contributed by atoms with Crippen LogP contribution in [0.1, 0.15) is 18.0 Å². The van der Waals surface area contributed by atoms with Crippen LogP contribution < -0.4 is 11.2 Å². The molecular weight excluding hydrogens is 208 g/mol. The van der Waals surface area contributed by atoms with Crippen LogP contribution >= 0.6 is 0 Å². The first-order valence-electron chi connectivity index (χ1n) is 5.23. The number of aryl methyl sites for hydroxylation is 1. The summed E-state index contributed by atoms with van der Waals surface area (Å²) >= 11 is 0. The van der Waals surface area contributed by atoms with E-state index in [9.17, 15) is 9.59 Å². The average Bonchev–Trinajstić information content (AvgIpc) is 2.71. The van der Waals surface area contributed by atoms with Gasteiger partial charge in [-0.15, -0.1) is 0 Å². The molecule has 2 rings (SSSR count). The zero-order valence-electron chi connectivity index (χ0n) is 9.01. The Hall–Kier alpha value is -1.62. The van der Waals surface area contributed by atoms with Crippen molar-refractivity contribution in [3.05, 3.63) is 44.8 Å². The van der Waals surface area contributed by atoms with E-state index in [1.165, 1.54) is 4.57 Å². The van der Waals surface area contributed by atoms with Gasteiger partial charge in [-0.25, -0.2) is 4.79 Å². The van der Waals surface area contributed by atoms with Crippen LogP contribution in [0.15, 0.2) is 27.9 Å². The summed E-state index contributed by atoms with van der Waals surface area (Å²) in [6.45, 7) is 1.75. The number of nitrogens with zero attached hydrogens (tertiary/aromatic N) is 1. The summed E-state index contributed by atoms with van der Waals surface area (Å²) in [5, 5.41) is 9.00. The van der Waals surface area contributed by atoms with Crippen molar-refractivity contribution in [1.82, 2.24) is 9.55 Å². The third kappa shape index (κ3) is 1.86. The zero-order valence-corrected chi connectivity index (χ0v) is 9.01. The molecule has 5 heteroatoms. The number of hydrogen-bond acceptors (Lipinski definition) is 3. The second-order valence-corrected chi connectivity index (χ2v) is 4.11. The van der Waals surface area contributed by atoms with E-state index in [1.54, 1.807) is 13.1 Å². The first-order valence-corrected chi connectivity index (χ1v) is 5.23. The van der Waals surface area contributed by atoms with Crippen molar-refractivity contribution in [3.8, 4) is 0 Å². The molecule has 1 heterocycles. The Bertz CT molecular complexity index is 527. The van der Waals surface area contributed by atoms with E-state index in [0.29, 0.717) is 12.0 Å². The molecule has 0 spiro atoms. The molecule has 0 saturated heterocycles. The number of hydrogen-bond donors (Lipinski definition) is 2. The zero-order chi connectivity index (χ0) is 11.7. The number of nitrogens with one attached hydrogen (secondary N) is 1. The summed E-state index contributed by atoms with van der Waals surface area (Å²) in [5.74, 6) is 0.101. The van der Waals surface area contributed by atoms with Crippen LogP contribution in [-0.4, -0.2) is 21.3 Å². The van der Waals surface area contributed by atoms with Gasteiger partial charge in [0.1, 0.15) is 0 Å². The van der Waals surface area contributed by atoms with Gasteiger partial charge in [0.05, 0.1) is 6.04 Å². The van der Waals surface area contributed by atoms with Gasteiger partial charge < -0.3 is 5.11 Å². The molecule has 2 atom stereocenters. The van der Waals surface area contributed by atoms with E-state index in [-0.39, 0.29) is 24.1 Å². The summed E-state index contributed by atoms with van der Waals surface area (Å²) in [6, 6.07) is -0.0693. The van der Waals surface area contributed by atoms with Crippen LogP contribution in [0.5, 0.6) is 0 Å². The molecule has 0 saturated carbocycles. The molecule has 0 amide bonds. The fourth-order valence-electron chi connectivity index (χ4n) is 1.93. The second kappa shape index (κ2) is 4.09. The lowest BCUT2D eigenvalue weighted by molar-refractivity contribution is 0.243. The second-order valence-electron chi connectivity index (χ2n) is 4.11. The smallest absolute Gasteiger partial charge is 0.328 e. The molecule has 5 nitrogen and oxygen atoms in total. The van der Waals surface area contributed by atoms with Crippen molar-refractivity contribution < 1.29 is 5.11 Å². The molecule has 0 aliphatic heterocycles. The van der Waals surface area contributed by atoms with Crippen LogP contribution in [0.3, 0.4) is 0 Å². The average molecular weight is 222 g/mol. The van der Waals surface area contributed by atoms with Crippen LogP contribution in [0.25, 0.3) is 0 Å². The summed E-state index contributed by atoms with van der Waals surface area (Å²) in [6.07, 6.45) is 6.05. The van der Waals surface area contributed by atoms with E-state index in [4.69, 9.17) is 5.11 Å². The minimum absolute atomic E-state index is 0.0693. The highest BCUT2D eigenvalue weighted by Crippen LogP contribution is 2.25. The van der Waals surface area contributed by atoms with Gasteiger partial charge in [-0.1, -0.05) is 12.2 Å². The summed E-state index contributed by atoms with van der Waals surface area (Å²) in [4.78, 5) is 25.1. The van der Waals surface area contributed by atoms with E-state index >= 15 is 0 Å². The number of aliphatic hydroxyl groups is 1. The maximum Gasteiger partial charge on any atom is 0.328 e. The molecule has 0 radical (unpaired) electrons. The topological polar surface area (TPSA) is 75.1 Å². The third-order valence-corrected chi connectivity index (χ3v) is 2.89. The Balaban J connectivity index is 2.36. The Kier molecular flexibility index (Phi) is 2.78. The fraction of sp³-hybridized carbons (Fsp3) is 0.455. The van der Waals surface area contributed by atoms with Crippen LogP contribution in [-0.2, 0) is 0 Å². The number of aliphatic hydroxyl groups excluding tert-OH is 1. The van der Waals surface area contributed by atoms with E-state index < -0.39 is 5.69 Å². The van der Waals surface area contributed by atoms with Gasteiger partial charge in [-0.3, -0.25) is 14.3 Å². The van der Waals surface area contributed by atoms with Crippen molar-refractivity contribution in [2.75, 3.05) is 6.61 Å². The Morgan fingerprint density at radius 1 is 1.50 bits per heavy atom. The number of rotatable bonds is 2. The van der Waals surface area contributed by atoms with E-state index in [0.717, 1.165) is 0 Å². The number of allylic oxidation sites excluding steroid dienone is 1. The van der Waals surface area contributed by atoms with Crippen molar-refractivity contribution in [3.63, 3.8) is 0 Å². The van der Waals surface area contributed by atoms with Crippen molar-refractivity contribution in [2.45, 2.75) is 19.4 Å². The summed E-state index contributed by atoms with van der Waals surface area (Å²) in [7, 11) is 0. The molecule has 0 aromatic carbocycles. The quantitative estimate of drug-likeness (QED) is 0.689. The number of aromatic nitrogens is 2. The Labute approximate surface area is 92.1 Å². The molecule has 86 valence electrons. The highest BCUT2D eigenvalue weighted by Gasteiger charge is 2.20. The molecule has 1 aliphatic carbocycles. The molecule has 1 aromatic heterocycles. The first kappa shape index (κ1) is 10.9. The predicted octanol–water partition coefficient (Wildman–Crippen LogP) is -0.0455. The maximum atomic E-state index is 11.6. The minimum Gasteiger partial charge on any atom is -0.396 e. The van der Waals surface area contributed by atoms with E-state index in [1.807, 2.05) is 12.2 Å². The first-order chi connectivity index (χ1) is 7.61. The fourth-order valence-corrected chi connectivity index (χ4v) is 1.93. The van der Waals surface area contributed by atoms with Gasteiger partial charge >= 0.3 is 5.69 Å². The Morgan fingerprint density at radius 3 is 2.88 bits per heavy atom. The lowest BCUT2D eigenvalue weighted by atomic mass is 10.1.